The maximum Gasteiger partial charge on any atom is 0.341 e. The molecule has 0 radical (unpaired) electrons. The zero-order chi connectivity index (χ0) is 18.6. The number of nitro benzene ring substituents is 1. The Hall–Kier alpha value is -3.56. The number of anilines is 2. The van der Waals surface area contributed by atoms with Crippen molar-refractivity contribution in [3.63, 3.8) is 0 Å². The summed E-state index contributed by atoms with van der Waals surface area (Å²) >= 11 is 0. The molecule has 2 aromatic carbocycles. The van der Waals surface area contributed by atoms with Gasteiger partial charge >= 0.3 is 5.97 Å². The van der Waals surface area contributed by atoms with Crippen LogP contribution in [0.5, 0.6) is 0 Å². The number of hydrogen-bond acceptors (Lipinski definition) is 6. The molecule has 0 bridgehead atoms. The fourth-order valence-electron chi connectivity index (χ4n) is 1.82. The van der Waals surface area contributed by atoms with Gasteiger partial charge in [-0.1, -0.05) is 0 Å². The molecule has 130 valence electrons. The maximum atomic E-state index is 13.4. The highest BCUT2D eigenvalue weighted by atomic mass is 19.1. The number of nitrogen functional groups attached to an aromatic ring is 1. The number of carbonyl (C=O) groups excluding carboxylic acids is 2. The SMILES string of the molecule is Nc1ccc([N+](=O)[O-])cc1C(=O)OCC(=O)Nc1ccc(F)cc1F. The molecule has 0 saturated carbocycles. The standard InChI is InChI=1S/C15H11F2N3O5/c16-8-1-4-13(11(17)5-8)19-14(21)7-25-15(22)10-6-9(20(23)24)2-3-12(10)18/h1-6H,7,18H2,(H,19,21). The molecule has 10 heteroatoms. The topological polar surface area (TPSA) is 125 Å². The maximum absolute atomic E-state index is 13.4. The third-order valence-corrected chi connectivity index (χ3v) is 3.01. The van der Waals surface area contributed by atoms with E-state index in [1.54, 1.807) is 0 Å². The second kappa shape index (κ2) is 7.34. The van der Waals surface area contributed by atoms with Crippen LogP contribution in [0.2, 0.25) is 0 Å². The average molecular weight is 351 g/mol. The molecule has 0 aliphatic heterocycles. The number of esters is 1. The first-order valence-electron chi connectivity index (χ1n) is 6.74. The number of carbonyl (C=O) groups is 2. The van der Waals surface area contributed by atoms with Crippen LogP contribution in [-0.2, 0) is 9.53 Å². The molecule has 0 unspecified atom stereocenters. The highest BCUT2D eigenvalue weighted by Gasteiger charge is 2.18. The van der Waals surface area contributed by atoms with Crippen molar-refractivity contribution in [3.8, 4) is 0 Å². The van der Waals surface area contributed by atoms with Crippen LogP contribution >= 0.6 is 0 Å². The van der Waals surface area contributed by atoms with Crippen molar-refractivity contribution >= 4 is 28.9 Å². The van der Waals surface area contributed by atoms with E-state index in [9.17, 15) is 28.5 Å². The van der Waals surface area contributed by atoms with E-state index in [0.717, 1.165) is 30.3 Å². The number of nitrogens with one attached hydrogen (secondary N) is 1. The lowest BCUT2D eigenvalue weighted by Crippen LogP contribution is -2.22. The normalized spacial score (nSPS) is 10.2. The molecule has 2 aromatic rings. The zero-order valence-electron chi connectivity index (χ0n) is 12.5. The van der Waals surface area contributed by atoms with Gasteiger partial charge in [-0.3, -0.25) is 14.9 Å². The molecule has 3 N–H and O–H groups in total. The van der Waals surface area contributed by atoms with Crippen molar-refractivity contribution in [1.29, 1.82) is 0 Å². The summed E-state index contributed by atoms with van der Waals surface area (Å²) in [4.78, 5) is 33.5. The van der Waals surface area contributed by atoms with Gasteiger partial charge in [-0.15, -0.1) is 0 Å². The number of amides is 1. The molecule has 25 heavy (non-hydrogen) atoms. The average Bonchev–Trinajstić information content (AvgIpc) is 2.55. The van der Waals surface area contributed by atoms with E-state index >= 15 is 0 Å². The number of non-ortho nitro benzene ring substituents is 1. The van der Waals surface area contributed by atoms with Gasteiger partial charge in [0.25, 0.3) is 11.6 Å². The molecule has 0 aliphatic rings. The van der Waals surface area contributed by atoms with E-state index in [4.69, 9.17) is 10.5 Å². The molecule has 0 saturated heterocycles. The van der Waals surface area contributed by atoms with E-state index in [-0.39, 0.29) is 22.6 Å². The third-order valence-electron chi connectivity index (χ3n) is 3.01. The Kier molecular flexibility index (Phi) is 5.22. The molecular weight excluding hydrogens is 340 g/mol. The minimum Gasteiger partial charge on any atom is -0.452 e. The summed E-state index contributed by atoms with van der Waals surface area (Å²) in [5.41, 5.74) is 4.52. The van der Waals surface area contributed by atoms with Gasteiger partial charge < -0.3 is 15.8 Å². The Morgan fingerprint density at radius 1 is 1.20 bits per heavy atom. The Labute approximate surface area is 139 Å². The van der Waals surface area contributed by atoms with Crippen molar-refractivity contribution in [2.24, 2.45) is 0 Å². The van der Waals surface area contributed by atoms with Crippen molar-refractivity contribution in [2.45, 2.75) is 0 Å². The molecule has 0 spiro atoms. The second-order valence-electron chi connectivity index (χ2n) is 4.78. The van der Waals surface area contributed by atoms with Crippen molar-refractivity contribution in [2.75, 3.05) is 17.7 Å². The molecule has 0 aromatic heterocycles. The monoisotopic (exact) mass is 351 g/mol. The molecule has 2 rings (SSSR count). The summed E-state index contributed by atoms with van der Waals surface area (Å²) in [5, 5.41) is 12.8. The number of benzene rings is 2. The van der Waals surface area contributed by atoms with E-state index in [2.05, 4.69) is 5.32 Å². The van der Waals surface area contributed by atoms with Gasteiger partial charge in [-0.25, -0.2) is 13.6 Å². The Balaban J connectivity index is 2.01. The summed E-state index contributed by atoms with van der Waals surface area (Å²) in [7, 11) is 0. The summed E-state index contributed by atoms with van der Waals surface area (Å²) in [6.45, 7) is -0.794. The Morgan fingerprint density at radius 3 is 2.56 bits per heavy atom. The summed E-state index contributed by atoms with van der Waals surface area (Å²) in [6, 6.07) is 5.69. The summed E-state index contributed by atoms with van der Waals surface area (Å²) in [5.74, 6) is -3.76. The number of nitrogens with zero attached hydrogens (tertiary/aromatic N) is 1. The second-order valence-corrected chi connectivity index (χ2v) is 4.78. The molecule has 0 aliphatic carbocycles. The lowest BCUT2D eigenvalue weighted by atomic mass is 10.1. The van der Waals surface area contributed by atoms with E-state index in [1.807, 2.05) is 0 Å². The minimum atomic E-state index is -1.06. The molecule has 8 nitrogen and oxygen atoms in total. The van der Waals surface area contributed by atoms with E-state index in [0.29, 0.717) is 6.07 Å². The van der Waals surface area contributed by atoms with Gasteiger partial charge in [0.1, 0.15) is 11.6 Å². The highest BCUT2D eigenvalue weighted by Crippen LogP contribution is 2.20. The van der Waals surface area contributed by atoms with Crippen LogP contribution in [0.4, 0.5) is 25.8 Å². The predicted octanol–water partition coefficient (Wildman–Crippen LogP) is 2.25. The fourth-order valence-corrected chi connectivity index (χ4v) is 1.82. The van der Waals surface area contributed by atoms with Gasteiger partial charge in [0.2, 0.25) is 0 Å². The highest BCUT2D eigenvalue weighted by molar-refractivity contribution is 5.98. The van der Waals surface area contributed by atoms with Crippen LogP contribution in [0.3, 0.4) is 0 Å². The number of rotatable bonds is 5. The first kappa shape index (κ1) is 17.8. The lowest BCUT2D eigenvalue weighted by Gasteiger charge is -2.08. The van der Waals surface area contributed by atoms with Gasteiger partial charge in [0.05, 0.1) is 16.2 Å². The molecule has 0 heterocycles. The summed E-state index contributed by atoms with van der Waals surface area (Å²) < 4.78 is 30.9. The largest absolute Gasteiger partial charge is 0.452 e. The first-order valence-corrected chi connectivity index (χ1v) is 6.74. The van der Waals surface area contributed by atoms with Gasteiger partial charge in [-0.05, 0) is 18.2 Å². The number of hydrogen-bond donors (Lipinski definition) is 2. The fraction of sp³-hybridized carbons (Fsp3) is 0.0667. The molecule has 1 amide bonds. The van der Waals surface area contributed by atoms with Crippen LogP contribution in [0.1, 0.15) is 10.4 Å². The molecule has 0 fully saturated rings. The number of nitrogens with two attached hydrogens (primary N) is 1. The molecule has 0 atom stereocenters. The number of halogens is 2. The van der Waals surface area contributed by atoms with Crippen LogP contribution < -0.4 is 11.1 Å². The summed E-state index contributed by atoms with van der Waals surface area (Å²) in [6.07, 6.45) is 0. The Morgan fingerprint density at radius 2 is 1.92 bits per heavy atom. The number of nitro groups is 1. The van der Waals surface area contributed by atoms with Crippen LogP contribution in [-0.4, -0.2) is 23.4 Å². The van der Waals surface area contributed by atoms with Crippen molar-refractivity contribution in [3.05, 3.63) is 63.7 Å². The van der Waals surface area contributed by atoms with Crippen molar-refractivity contribution < 1.29 is 28.0 Å². The minimum absolute atomic E-state index is 0.0689. The zero-order valence-corrected chi connectivity index (χ0v) is 12.5. The van der Waals surface area contributed by atoms with Gasteiger partial charge in [0, 0.05) is 23.9 Å². The van der Waals surface area contributed by atoms with Gasteiger partial charge in [-0.2, -0.15) is 0 Å². The van der Waals surface area contributed by atoms with Crippen LogP contribution in [0.15, 0.2) is 36.4 Å². The lowest BCUT2D eigenvalue weighted by molar-refractivity contribution is -0.384. The third kappa shape index (κ3) is 4.47. The number of ether oxygens (including phenoxy) is 1. The predicted molar refractivity (Wildman–Crippen MR) is 82.8 cm³/mol. The van der Waals surface area contributed by atoms with E-state index < -0.39 is 35.0 Å². The van der Waals surface area contributed by atoms with Crippen LogP contribution in [0.25, 0.3) is 0 Å². The Bertz CT molecular complexity index is 857. The molecular formula is C15H11F2N3O5. The van der Waals surface area contributed by atoms with E-state index in [1.165, 1.54) is 0 Å². The quantitative estimate of drug-likeness (QED) is 0.368. The smallest absolute Gasteiger partial charge is 0.341 e. The van der Waals surface area contributed by atoms with Crippen molar-refractivity contribution in [1.82, 2.24) is 0 Å². The van der Waals surface area contributed by atoms with Crippen LogP contribution in [0, 0.1) is 21.7 Å². The van der Waals surface area contributed by atoms with Gasteiger partial charge in [0.15, 0.2) is 6.61 Å². The first-order chi connectivity index (χ1) is 11.8.